The van der Waals surface area contributed by atoms with Crippen LogP contribution in [0.1, 0.15) is 5.56 Å². The Morgan fingerprint density at radius 1 is 1.00 bits per heavy atom. The van der Waals surface area contributed by atoms with E-state index in [1.807, 2.05) is 0 Å². The van der Waals surface area contributed by atoms with Gasteiger partial charge in [-0.25, -0.2) is 4.39 Å². The van der Waals surface area contributed by atoms with E-state index in [-0.39, 0.29) is 12.3 Å². The molecule has 4 nitrogen and oxygen atoms in total. The molecule has 2 rings (SSSR count). The number of hydrogen-bond acceptors (Lipinski definition) is 4. The van der Waals surface area contributed by atoms with Crippen molar-refractivity contribution in [2.24, 2.45) is 0 Å². The largest absolute Gasteiger partial charge is 0.493 e. The summed E-state index contributed by atoms with van der Waals surface area (Å²) in [6, 6.07) is 10.1. The van der Waals surface area contributed by atoms with Gasteiger partial charge in [0.2, 0.25) is 5.75 Å². The van der Waals surface area contributed by atoms with Crippen LogP contribution in [-0.2, 0) is 6.61 Å². The molecule has 2 N–H and O–H groups in total. The summed E-state index contributed by atoms with van der Waals surface area (Å²) in [6.07, 6.45) is 0. The van der Waals surface area contributed by atoms with Crippen LogP contribution in [0.25, 0.3) is 0 Å². The molecule has 0 spiro atoms. The van der Waals surface area contributed by atoms with Crippen LogP contribution in [0.15, 0.2) is 36.4 Å². The van der Waals surface area contributed by atoms with Crippen LogP contribution in [0.3, 0.4) is 0 Å². The molecule has 0 heterocycles. The Morgan fingerprint density at radius 2 is 1.60 bits per heavy atom. The van der Waals surface area contributed by atoms with E-state index in [1.54, 1.807) is 30.3 Å². The second kappa shape index (κ2) is 6.14. The van der Waals surface area contributed by atoms with Gasteiger partial charge in [-0.05, 0) is 18.2 Å². The van der Waals surface area contributed by atoms with Gasteiger partial charge in [-0.15, -0.1) is 0 Å². The van der Waals surface area contributed by atoms with Crippen LogP contribution in [0, 0.1) is 5.82 Å². The maximum Gasteiger partial charge on any atom is 0.203 e. The molecule has 2 aromatic rings. The van der Waals surface area contributed by atoms with Crippen LogP contribution in [0.5, 0.6) is 17.2 Å². The average Bonchev–Trinajstić information content (AvgIpc) is 2.48. The number of nitrogens with two attached hydrogens (primary N) is 1. The first-order chi connectivity index (χ1) is 9.67. The summed E-state index contributed by atoms with van der Waals surface area (Å²) in [7, 11) is 3.06. The van der Waals surface area contributed by atoms with Gasteiger partial charge in [0.1, 0.15) is 6.61 Å². The van der Waals surface area contributed by atoms with Gasteiger partial charge in [-0.3, -0.25) is 0 Å². The van der Waals surface area contributed by atoms with E-state index >= 15 is 0 Å². The third-order valence-electron chi connectivity index (χ3n) is 2.86. The monoisotopic (exact) mass is 277 g/mol. The highest BCUT2D eigenvalue weighted by molar-refractivity contribution is 5.51. The lowest BCUT2D eigenvalue weighted by Gasteiger charge is -2.14. The summed E-state index contributed by atoms with van der Waals surface area (Å²) in [6.45, 7) is 0.0353. The number of rotatable bonds is 5. The van der Waals surface area contributed by atoms with Crippen molar-refractivity contribution >= 4 is 5.69 Å². The summed E-state index contributed by atoms with van der Waals surface area (Å²) < 4.78 is 29.8. The van der Waals surface area contributed by atoms with Gasteiger partial charge >= 0.3 is 0 Å². The van der Waals surface area contributed by atoms with Crippen molar-refractivity contribution in [1.29, 1.82) is 0 Å². The molecule has 0 saturated carbocycles. The van der Waals surface area contributed by atoms with Crippen LogP contribution in [0.2, 0.25) is 0 Å². The maximum absolute atomic E-state index is 13.8. The molecule has 0 bridgehead atoms. The summed E-state index contributed by atoms with van der Waals surface area (Å²) in [5.74, 6) is 1.00. The predicted octanol–water partition coefficient (Wildman–Crippen LogP) is 3.00. The van der Waals surface area contributed by atoms with Crippen molar-refractivity contribution in [3.63, 3.8) is 0 Å². The summed E-state index contributed by atoms with van der Waals surface area (Å²) in [5.41, 5.74) is 5.99. The fourth-order valence-electron chi connectivity index (χ4n) is 1.82. The van der Waals surface area contributed by atoms with Gasteiger partial charge in [0.15, 0.2) is 17.3 Å². The maximum atomic E-state index is 13.8. The molecule has 2 aromatic carbocycles. The third-order valence-corrected chi connectivity index (χ3v) is 2.86. The third kappa shape index (κ3) is 2.77. The van der Waals surface area contributed by atoms with Gasteiger partial charge in [0, 0.05) is 5.56 Å². The van der Waals surface area contributed by atoms with Crippen molar-refractivity contribution < 1.29 is 18.6 Å². The number of methoxy groups -OCH3 is 2. The first-order valence-electron chi connectivity index (χ1n) is 6.04. The fraction of sp³-hybridized carbons (Fsp3) is 0.200. The Kier molecular flexibility index (Phi) is 4.30. The summed E-state index contributed by atoms with van der Waals surface area (Å²) in [4.78, 5) is 0. The molecule has 0 amide bonds. The molecule has 0 aliphatic heterocycles. The van der Waals surface area contributed by atoms with Gasteiger partial charge in [0.05, 0.1) is 19.9 Å². The molecule has 0 aromatic heterocycles. The van der Waals surface area contributed by atoms with Crippen molar-refractivity contribution in [2.45, 2.75) is 6.61 Å². The normalized spacial score (nSPS) is 10.2. The van der Waals surface area contributed by atoms with Gasteiger partial charge in [-0.1, -0.05) is 18.2 Å². The number of halogens is 1. The van der Waals surface area contributed by atoms with E-state index in [4.69, 9.17) is 19.9 Å². The Morgan fingerprint density at radius 3 is 2.20 bits per heavy atom. The van der Waals surface area contributed by atoms with E-state index in [0.29, 0.717) is 22.8 Å². The second-order valence-electron chi connectivity index (χ2n) is 4.10. The number of benzene rings is 2. The Labute approximate surface area is 116 Å². The zero-order valence-corrected chi connectivity index (χ0v) is 11.4. The first kappa shape index (κ1) is 14.0. The van der Waals surface area contributed by atoms with Crippen LogP contribution in [0.4, 0.5) is 10.1 Å². The lowest BCUT2D eigenvalue weighted by atomic mass is 10.2. The van der Waals surface area contributed by atoms with E-state index < -0.39 is 5.82 Å². The Balaban J connectivity index is 2.24. The molecular weight excluding hydrogens is 261 g/mol. The lowest BCUT2D eigenvalue weighted by Crippen LogP contribution is -2.03. The second-order valence-corrected chi connectivity index (χ2v) is 4.10. The minimum atomic E-state index is -0.471. The van der Waals surface area contributed by atoms with Crippen LogP contribution >= 0.6 is 0 Å². The molecule has 0 atom stereocenters. The minimum absolute atomic E-state index is 0.0353. The number of ether oxygens (including phenoxy) is 3. The SMILES string of the molecule is COc1cccc(OC)c1OCc1cccc(N)c1F. The van der Waals surface area contributed by atoms with Crippen molar-refractivity contribution in [3.05, 3.63) is 47.8 Å². The Hall–Kier alpha value is -2.43. The molecule has 0 fully saturated rings. The van der Waals surface area contributed by atoms with Gasteiger partial charge < -0.3 is 19.9 Å². The minimum Gasteiger partial charge on any atom is -0.493 e. The van der Waals surface area contributed by atoms with Crippen LogP contribution < -0.4 is 19.9 Å². The fourth-order valence-corrected chi connectivity index (χ4v) is 1.82. The quantitative estimate of drug-likeness (QED) is 0.854. The van der Waals surface area contributed by atoms with E-state index in [9.17, 15) is 4.39 Å². The summed E-state index contributed by atoms with van der Waals surface area (Å²) >= 11 is 0. The first-order valence-corrected chi connectivity index (χ1v) is 6.04. The lowest BCUT2D eigenvalue weighted by molar-refractivity contribution is 0.262. The standard InChI is InChI=1S/C15H16FNO3/c1-18-12-7-4-8-13(19-2)15(12)20-9-10-5-3-6-11(17)14(10)16/h3-8H,9,17H2,1-2H3. The van der Waals surface area contributed by atoms with Crippen molar-refractivity contribution in [2.75, 3.05) is 20.0 Å². The van der Waals surface area contributed by atoms with Crippen molar-refractivity contribution in [1.82, 2.24) is 0 Å². The molecule has 106 valence electrons. The number of anilines is 1. The van der Waals surface area contributed by atoms with Crippen molar-refractivity contribution in [3.8, 4) is 17.2 Å². The van der Waals surface area contributed by atoms with Crippen LogP contribution in [-0.4, -0.2) is 14.2 Å². The number of hydrogen-bond donors (Lipinski definition) is 1. The topological polar surface area (TPSA) is 53.7 Å². The zero-order chi connectivity index (χ0) is 14.5. The number of para-hydroxylation sites is 1. The van der Waals surface area contributed by atoms with Gasteiger partial charge in [0.25, 0.3) is 0 Å². The van der Waals surface area contributed by atoms with E-state index in [1.165, 1.54) is 20.3 Å². The summed E-state index contributed by atoms with van der Waals surface area (Å²) in [5, 5.41) is 0. The predicted molar refractivity (Wildman–Crippen MR) is 74.7 cm³/mol. The molecule has 0 radical (unpaired) electrons. The molecule has 0 aliphatic rings. The highest BCUT2D eigenvalue weighted by atomic mass is 19.1. The molecular formula is C15H16FNO3. The average molecular weight is 277 g/mol. The molecule has 0 unspecified atom stereocenters. The Bertz CT molecular complexity index is 579. The smallest absolute Gasteiger partial charge is 0.203 e. The molecule has 0 aliphatic carbocycles. The molecule has 5 heteroatoms. The van der Waals surface area contributed by atoms with Gasteiger partial charge in [-0.2, -0.15) is 0 Å². The highest BCUT2D eigenvalue weighted by Gasteiger charge is 2.13. The molecule has 0 saturated heterocycles. The highest BCUT2D eigenvalue weighted by Crippen LogP contribution is 2.37. The number of nitrogen functional groups attached to an aromatic ring is 1. The van der Waals surface area contributed by atoms with E-state index in [0.717, 1.165) is 0 Å². The zero-order valence-electron chi connectivity index (χ0n) is 11.4. The van der Waals surface area contributed by atoms with E-state index in [2.05, 4.69) is 0 Å². The molecule has 20 heavy (non-hydrogen) atoms.